The molecule has 4 aromatic rings. The number of hydrogen-bond donors (Lipinski definition) is 1. The van der Waals surface area contributed by atoms with Gasteiger partial charge in [-0.25, -0.2) is 14.5 Å². The van der Waals surface area contributed by atoms with Crippen LogP contribution in [0.2, 0.25) is 0 Å². The second kappa shape index (κ2) is 8.89. The zero-order chi connectivity index (χ0) is 23.8. The van der Waals surface area contributed by atoms with Crippen LogP contribution >= 0.6 is 11.3 Å². The van der Waals surface area contributed by atoms with Gasteiger partial charge in [-0.3, -0.25) is 4.79 Å². The zero-order valence-electron chi connectivity index (χ0n) is 18.2. The maximum atomic E-state index is 12.9. The lowest BCUT2D eigenvalue weighted by molar-refractivity contribution is -0.144. The molecule has 0 atom stereocenters. The average Bonchev–Trinajstić information content (AvgIpc) is 3.38. The maximum Gasteiger partial charge on any atom is 0.453 e. The Balaban J connectivity index is 1.38. The lowest BCUT2D eigenvalue weighted by Gasteiger charge is -2.11. The molecule has 0 aliphatic carbocycles. The molecule has 0 spiro atoms. The molecule has 0 fully saturated rings. The molecule has 172 valence electrons. The van der Waals surface area contributed by atoms with Gasteiger partial charge in [-0.05, 0) is 32.8 Å². The summed E-state index contributed by atoms with van der Waals surface area (Å²) >= 11 is 1.60. The minimum absolute atomic E-state index is 0.00999. The van der Waals surface area contributed by atoms with E-state index in [1.807, 2.05) is 36.6 Å². The van der Waals surface area contributed by atoms with Crippen LogP contribution in [-0.4, -0.2) is 37.0 Å². The van der Waals surface area contributed by atoms with Crippen LogP contribution in [0.3, 0.4) is 0 Å². The van der Waals surface area contributed by atoms with E-state index in [0.29, 0.717) is 29.9 Å². The third kappa shape index (κ3) is 5.03. The van der Waals surface area contributed by atoms with Crippen LogP contribution in [0.25, 0.3) is 17.0 Å². The summed E-state index contributed by atoms with van der Waals surface area (Å²) in [6, 6.07) is 8.02. The van der Waals surface area contributed by atoms with E-state index in [9.17, 15) is 18.0 Å². The fraction of sp³-hybridized carbons (Fsp3) is 0.318. The van der Waals surface area contributed by atoms with E-state index in [2.05, 4.69) is 25.4 Å². The molecule has 4 rings (SSSR count). The Morgan fingerprint density at radius 2 is 1.82 bits per heavy atom. The van der Waals surface area contributed by atoms with Crippen LogP contribution in [0.5, 0.6) is 0 Å². The number of amides is 1. The van der Waals surface area contributed by atoms with Crippen molar-refractivity contribution in [1.29, 1.82) is 0 Å². The van der Waals surface area contributed by atoms with E-state index in [1.54, 1.807) is 25.2 Å². The predicted molar refractivity (Wildman–Crippen MR) is 118 cm³/mol. The van der Waals surface area contributed by atoms with E-state index < -0.39 is 12.0 Å². The van der Waals surface area contributed by atoms with Gasteiger partial charge in [-0.15, -0.1) is 16.4 Å². The molecule has 3 aromatic heterocycles. The van der Waals surface area contributed by atoms with Crippen molar-refractivity contribution in [2.45, 2.75) is 39.8 Å². The van der Waals surface area contributed by atoms with Crippen molar-refractivity contribution >= 4 is 23.0 Å². The molecule has 0 aliphatic rings. The number of halogens is 3. The zero-order valence-corrected chi connectivity index (χ0v) is 19.0. The van der Waals surface area contributed by atoms with Crippen LogP contribution in [0.4, 0.5) is 13.2 Å². The lowest BCUT2D eigenvalue weighted by atomic mass is 10.1. The van der Waals surface area contributed by atoms with Crippen molar-refractivity contribution in [3.8, 4) is 11.3 Å². The monoisotopic (exact) mass is 474 g/mol. The Bertz CT molecular complexity index is 1310. The summed E-state index contributed by atoms with van der Waals surface area (Å²) in [6.45, 7) is 5.64. The number of nitrogens with zero attached hydrogens (tertiary/aromatic N) is 5. The molecule has 3 heterocycles. The largest absolute Gasteiger partial charge is 0.453 e. The fourth-order valence-corrected chi connectivity index (χ4v) is 4.11. The SMILES string of the molecule is Cc1nc(-c2ccc(CCNC(=O)Cc3c(C)nc4nc(C(F)(F)F)nn4c3C)cc2)cs1. The first-order valence-electron chi connectivity index (χ1n) is 10.2. The summed E-state index contributed by atoms with van der Waals surface area (Å²) in [5.74, 6) is -1.64. The van der Waals surface area contributed by atoms with Crippen molar-refractivity contribution < 1.29 is 18.0 Å². The second-order valence-electron chi connectivity index (χ2n) is 7.63. The number of thiazole rings is 1. The van der Waals surface area contributed by atoms with Crippen molar-refractivity contribution in [3.63, 3.8) is 0 Å². The average molecular weight is 475 g/mol. The number of benzene rings is 1. The van der Waals surface area contributed by atoms with E-state index in [4.69, 9.17) is 0 Å². The van der Waals surface area contributed by atoms with Gasteiger partial charge in [0, 0.05) is 34.4 Å². The van der Waals surface area contributed by atoms with E-state index in [0.717, 1.165) is 26.3 Å². The standard InChI is InChI=1S/C22H21F3N6OS/c1-12-17(13(2)31-21(27-12)29-20(30-31)22(23,24)25)10-19(32)26-9-8-15-4-6-16(7-5-15)18-11-33-14(3)28-18/h4-7,11H,8-10H2,1-3H3,(H,26,32). The highest BCUT2D eigenvalue weighted by molar-refractivity contribution is 7.09. The Labute approximate surface area is 191 Å². The molecule has 1 amide bonds. The Morgan fingerprint density at radius 1 is 1.09 bits per heavy atom. The molecule has 0 saturated carbocycles. The van der Waals surface area contributed by atoms with Gasteiger partial charge < -0.3 is 5.32 Å². The first-order chi connectivity index (χ1) is 15.6. The molecule has 33 heavy (non-hydrogen) atoms. The number of aromatic nitrogens is 5. The Kier molecular flexibility index (Phi) is 6.15. The lowest BCUT2D eigenvalue weighted by Crippen LogP contribution is -2.28. The van der Waals surface area contributed by atoms with Gasteiger partial charge in [0.2, 0.25) is 5.91 Å². The topological polar surface area (TPSA) is 85.1 Å². The molecular weight excluding hydrogens is 453 g/mol. The van der Waals surface area contributed by atoms with Gasteiger partial charge >= 0.3 is 6.18 Å². The predicted octanol–water partition coefficient (Wildman–Crippen LogP) is 4.09. The summed E-state index contributed by atoms with van der Waals surface area (Å²) in [5, 5.41) is 9.40. The highest BCUT2D eigenvalue weighted by Crippen LogP contribution is 2.27. The Hall–Kier alpha value is -3.34. The number of aryl methyl sites for hydroxylation is 3. The van der Waals surface area contributed by atoms with Crippen molar-refractivity contribution in [2.24, 2.45) is 0 Å². The van der Waals surface area contributed by atoms with Crippen molar-refractivity contribution in [1.82, 2.24) is 29.9 Å². The van der Waals surface area contributed by atoms with Gasteiger partial charge in [0.1, 0.15) is 0 Å². The third-order valence-electron chi connectivity index (χ3n) is 5.24. The summed E-state index contributed by atoms with van der Waals surface area (Å²) in [7, 11) is 0. The number of alkyl halides is 3. The fourth-order valence-electron chi connectivity index (χ4n) is 3.49. The van der Waals surface area contributed by atoms with Gasteiger partial charge in [-0.1, -0.05) is 24.3 Å². The molecule has 11 heteroatoms. The summed E-state index contributed by atoms with van der Waals surface area (Å²) in [6.07, 6.45) is -4.03. The summed E-state index contributed by atoms with van der Waals surface area (Å²) < 4.78 is 39.8. The highest BCUT2D eigenvalue weighted by atomic mass is 32.1. The number of fused-ring (bicyclic) bond motifs is 1. The van der Waals surface area contributed by atoms with Gasteiger partial charge in [-0.2, -0.15) is 18.2 Å². The summed E-state index contributed by atoms with van der Waals surface area (Å²) in [5.41, 5.74) is 4.45. The first kappa shape index (κ1) is 22.8. The van der Waals surface area contributed by atoms with E-state index in [1.165, 1.54) is 0 Å². The van der Waals surface area contributed by atoms with Crippen LogP contribution in [0.1, 0.15) is 33.3 Å². The van der Waals surface area contributed by atoms with Crippen LogP contribution in [0.15, 0.2) is 29.6 Å². The first-order valence-corrected chi connectivity index (χ1v) is 11.1. The summed E-state index contributed by atoms with van der Waals surface area (Å²) in [4.78, 5) is 24.5. The molecule has 7 nitrogen and oxygen atoms in total. The Morgan fingerprint density at radius 3 is 2.45 bits per heavy atom. The van der Waals surface area contributed by atoms with Crippen molar-refractivity contribution in [3.05, 3.63) is 63.0 Å². The molecule has 0 bridgehead atoms. The number of nitrogens with one attached hydrogen (secondary N) is 1. The second-order valence-corrected chi connectivity index (χ2v) is 8.69. The van der Waals surface area contributed by atoms with Gasteiger partial charge in [0.25, 0.3) is 11.6 Å². The normalized spacial score (nSPS) is 11.8. The van der Waals surface area contributed by atoms with Crippen molar-refractivity contribution in [2.75, 3.05) is 6.54 Å². The minimum atomic E-state index is -4.66. The van der Waals surface area contributed by atoms with Crippen LogP contribution < -0.4 is 5.32 Å². The maximum absolute atomic E-state index is 12.9. The van der Waals surface area contributed by atoms with E-state index >= 15 is 0 Å². The van der Waals surface area contributed by atoms with Gasteiger partial charge in [0.15, 0.2) is 0 Å². The quantitative estimate of drug-likeness (QED) is 0.455. The number of hydrogen-bond acceptors (Lipinski definition) is 6. The molecule has 0 saturated heterocycles. The highest BCUT2D eigenvalue weighted by Gasteiger charge is 2.37. The molecule has 0 unspecified atom stereocenters. The number of rotatable bonds is 6. The smallest absolute Gasteiger partial charge is 0.355 e. The van der Waals surface area contributed by atoms with Crippen LogP contribution in [-0.2, 0) is 23.8 Å². The number of carbonyl (C=O) groups is 1. The number of carbonyl (C=O) groups excluding carboxylic acids is 1. The molecule has 1 aromatic carbocycles. The van der Waals surface area contributed by atoms with Gasteiger partial charge in [0.05, 0.1) is 17.1 Å². The van der Waals surface area contributed by atoms with E-state index in [-0.39, 0.29) is 18.1 Å². The minimum Gasteiger partial charge on any atom is -0.355 e. The molecule has 0 radical (unpaired) electrons. The molecular formula is C22H21F3N6OS. The molecule has 1 N–H and O–H groups in total. The molecule has 0 aliphatic heterocycles. The third-order valence-corrected chi connectivity index (χ3v) is 6.02. The van der Waals surface area contributed by atoms with Crippen LogP contribution in [0, 0.1) is 20.8 Å².